The van der Waals surface area contributed by atoms with Crippen LogP contribution >= 0.6 is 45.2 Å². The van der Waals surface area contributed by atoms with E-state index >= 15 is 0 Å². The van der Waals surface area contributed by atoms with Gasteiger partial charge < -0.3 is 5.21 Å². The lowest BCUT2D eigenvalue weighted by molar-refractivity contribution is -0.210. The molecule has 1 fully saturated rings. The minimum Gasteiger partial charge on any atom is -0.312 e. The second-order valence-electron chi connectivity index (χ2n) is 4.27. The second-order valence-corrected chi connectivity index (χ2v) is 8.36. The molecule has 0 bridgehead atoms. The summed E-state index contributed by atoms with van der Waals surface area (Å²) in [7, 11) is 0. The van der Waals surface area contributed by atoms with Crippen LogP contribution in [0.2, 0.25) is 0 Å². The van der Waals surface area contributed by atoms with Crippen LogP contribution in [-0.2, 0) is 0 Å². The molecule has 1 aliphatic heterocycles. The summed E-state index contributed by atoms with van der Waals surface area (Å²) in [6, 6.07) is 0. The van der Waals surface area contributed by atoms with E-state index in [1.54, 1.807) is 0 Å². The van der Waals surface area contributed by atoms with Crippen LogP contribution in [0.4, 0.5) is 0 Å². The zero-order valence-electron chi connectivity index (χ0n) is 7.64. The molecule has 2 nitrogen and oxygen atoms in total. The molecule has 1 N–H and O–H groups in total. The maximum atomic E-state index is 9.91. The Morgan fingerprint density at radius 1 is 1.33 bits per heavy atom. The van der Waals surface area contributed by atoms with Gasteiger partial charge in [-0.1, -0.05) is 45.2 Å². The summed E-state index contributed by atoms with van der Waals surface area (Å²) in [6.07, 6.45) is 2.11. The van der Waals surface area contributed by atoms with Crippen LogP contribution in [0.1, 0.15) is 33.6 Å². The third-order valence-electron chi connectivity index (χ3n) is 2.33. The van der Waals surface area contributed by atoms with E-state index in [1.165, 1.54) is 5.06 Å². The quantitative estimate of drug-likeness (QED) is 0.387. The van der Waals surface area contributed by atoms with Gasteiger partial charge in [-0.25, -0.2) is 0 Å². The van der Waals surface area contributed by atoms with Crippen molar-refractivity contribution >= 4 is 45.2 Å². The lowest BCUT2D eigenvalue weighted by Crippen LogP contribution is -2.57. The number of hydrogen-bond donors (Lipinski definition) is 1. The average Bonchev–Trinajstić information content (AvgIpc) is 1.80. The molecule has 1 saturated heterocycles. The summed E-state index contributed by atoms with van der Waals surface area (Å²) in [5.74, 6) is 0. The molecule has 12 heavy (non-hydrogen) atoms. The fourth-order valence-electron chi connectivity index (χ4n) is 1.82. The number of alkyl halides is 2. The van der Waals surface area contributed by atoms with Crippen LogP contribution in [0.5, 0.6) is 0 Å². The highest BCUT2D eigenvalue weighted by atomic mass is 127. The van der Waals surface area contributed by atoms with E-state index in [9.17, 15) is 5.21 Å². The summed E-state index contributed by atoms with van der Waals surface area (Å²) in [4.78, 5) is 0. The van der Waals surface area contributed by atoms with Gasteiger partial charge in [0.05, 0.1) is 3.55 Å². The van der Waals surface area contributed by atoms with Crippen molar-refractivity contribution in [3.63, 3.8) is 0 Å². The van der Waals surface area contributed by atoms with Gasteiger partial charge >= 0.3 is 0 Å². The Hall–Kier alpha value is 1.38. The Balaban J connectivity index is 2.84. The van der Waals surface area contributed by atoms with Gasteiger partial charge in [-0.15, -0.1) is 0 Å². The van der Waals surface area contributed by atoms with Gasteiger partial charge in [0.25, 0.3) is 0 Å². The highest BCUT2D eigenvalue weighted by Gasteiger charge is 2.45. The molecule has 72 valence electrons. The molecule has 1 rings (SSSR count). The van der Waals surface area contributed by atoms with Gasteiger partial charge in [0, 0.05) is 9.46 Å². The highest BCUT2D eigenvalue weighted by Crippen LogP contribution is 2.43. The van der Waals surface area contributed by atoms with Crippen molar-refractivity contribution in [1.82, 2.24) is 5.06 Å². The summed E-state index contributed by atoms with van der Waals surface area (Å²) in [5, 5.41) is 11.4. The number of hydrogen-bond acceptors (Lipinski definition) is 2. The van der Waals surface area contributed by atoms with Crippen LogP contribution in [0.25, 0.3) is 0 Å². The first-order valence-electron chi connectivity index (χ1n) is 4.08. The van der Waals surface area contributed by atoms with Crippen LogP contribution in [0.3, 0.4) is 0 Å². The van der Waals surface area contributed by atoms with Gasteiger partial charge in [-0.2, -0.15) is 5.06 Å². The molecule has 2 atom stereocenters. The van der Waals surface area contributed by atoms with Crippen molar-refractivity contribution in [2.24, 2.45) is 0 Å². The molecule has 2 unspecified atom stereocenters. The lowest BCUT2D eigenvalue weighted by atomic mass is 9.89. The molecule has 0 aromatic heterocycles. The largest absolute Gasteiger partial charge is 0.312 e. The lowest BCUT2D eigenvalue weighted by Gasteiger charge is -2.49. The third-order valence-corrected chi connectivity index (χ3v) is 4.11. The number of hydroxylamine groups is 2. The van der Waals surface area contributed by atoms with Crippen molar-refractivity contribution in [2.75, 3.05) is 0 Å². The summed E-state index contributed by atoms with van der Waals surface area (Å²) < 4.78 is 0.564. The maximum Gasteiger partial charge on any atom is 0.0958 e. The zero-order valence-corrected chi connectivity index (χ0v) is 12.0. The Kier molecular flexibility index (Phi) is 3.35. The fourth-order valence-corrected chi connectivity index (χ4v) is 5.79. The number of rotatable bonds is 0. The molecule has 0 spiro atoms. The number of halogens is 2. The van der Waals surface area contributed by atoms with Gasteiger partial charge in [-0.05, 0) is 33.6 Å². The first kappa shape index (κ1) is 11.5. The molecule has 0 saturated carbocycles. The van der Waals surface area contributed by atoms with Crippen molar-refractivity contribution in [2.45, 2.75) is 46.6 Å². The van der Waals surface area contributed by atoms with Crippen molar-refractivity contribution in [3.05, 3.63) is 0 Å². The molecular formula is C8H15I2NO. The van der Waals surface area contributed by atoms with E-state index in [1.807, 2.05) is 0 Å². The van der Waals surface area contributed by atoms with Crippen LogP contribution in [0.15, 0.2) is 0 Å². The number of piperidine rings is 1. The zero-order chi connectivity index (χ0) is 9.57. The first-order chi connectivity index (χ1) is 5.26. The standard InChI is InChI=1S/C8H15I2NO/c1-7(2)4-6(9)5-8(3,10)11(7)12/h6,12H,4-5H2,1-3H3. The Labute approximate surface area is 101 Å². The number of nitrogens with zero attached hydrogens (tertiary/aromatic N) is 1. The summed E-state index contributed by atoms with van der Waals surface area (Å²) >= 11 is 4.80. The molecule has 4 heteroatoms. The van der Waals surface area contributed by atoms with E-state index < -0.39 is 0 Å². The summed E-state index contributed by atoms with van der Waals surface area (Å²) in [5.41, 5.74) is -0.0833. The first-order valence-corrected chi connectivity index (χ1v) is 6.40. The Morgan fingerprint density at radius 3 is 2.25 bits per heavy atom. The second kappa shape index (κ2) is 3.51. The van der Waals surface area contributed by atoms with E-state index in [0.29, 0.717) is 3.92 Å². The van der Waals surface area contributed by atoms with Gasteiger partial charge in [0.2, 0.25) is 0 Å². The monoisotopic (exact) mass is 395 g/mol. The van der Waals surface area contributed by atoms with Crippen LogP contribution in [-0.4, -0.2) is 23.3 Å². The maximum absolute atomic E-state index is 9.91. The Bertz CT molecular complexity index is 164. The van der Waals surface area contributed by atoms with Crippen molar-refractivity contribution in [1.29, 1.82) is 0 Å². The molecule has 0 aromatic carbocycles. The molecule has 0 radical (unpaired) electrons. The van der Waals surface area contributed by atoms with E-state index in [-0.39, 0.29) is 9.08 Å². The van der Waals surface area contributed by atoms with Crippen LogP contribution < -0.4 is 0 Å². The minimum absolute atomic E-state index is 0.0833. The predicted octanol–water partition coefficient (Wildman–Crippen LogP) is 3.20. The molecule has 0 aromatic rings. The van der Waals surface area contributed by atoms with Crippen molar-refractivity contribution in [3.8, 4) is 0 Å². The van der Waals surface area contributed by atoms with Crippen molar-refractivity contribution < 1.29 is 5.21 Å². The molecular weight excluding hydrogens is 380 g/mol. The SMILES string of the molecule is CC1(C)CC(I)CC(C)(I)N1O. The minimum atomic E-state index is -0.106. The van der Waals surface area contributed by atoms with E-state index in [4.69, 9.17) is 0 Å². The summed E-state index contributed by atoms with van der Waals surface area (Å²) in [6.45, 7) is 6.27. The third kappa shape index (κ3) is 2.24. The molecule has 0 amide bonds. The fraction of sp³-hybridized carbons (Fsp3) is 1.00. The smallest absolute Gasteiger partial charge is 0.0958 e. The van der Waals surface area contributed by atoms with Gasteiger partial charge in [-0.3, -0.25) is 0 Å². The predicted molar refractivity (Wildman–Crippen MR) is 67.2 cm³/mol. The van der Waals surface area contributed by atoms with E-state index in [2.05, 4.69) is 66.0 Å². The molecule has 1 aliphatic rings. The van der Waals surface area contributed by atoms with Crippen LogP contribution in [0, 0.1) is 0 Å². The van der Waals surface area contributed by atoms with Gasteiger partial charge in [0.1, 0.15) is 0 Å². The Morgan fingerprint density at radius 2 is 1.83 bits per heavy atom. The van der Waals surface area contributed by atoms with E-state index in [0.717, 1.165) is 12.8 Å². The average molecular weight is 395 g/mol. The normalized spacial score (nSPS) is 43.0. The highest BCUT2D eigenvalue weighted by molar-refractivity contribution is 14.1. The molecule has 1 heterocycles. The topological polar surface area (TPSA) is 23.5 Å². The molecule has 0 aliphatic carbocycles. The van der Waals surface area contributed by atoms with Gasteiger partial charge in [0.15, 0.2) is 0 Å².